The number of nitrogens with one attached hydrogen (secondary N) is 3. The van der Waals surface area contributed by atoms with Gasteiger partial charge >= 0.3 is 12.0 Å². The van der Waals surface area contributed by atoms with Crippen LogP contribution in [0.1, 0.15) is 25.0 Å². The number of fused-ring (bicyclic) bond motifs is 2. The molecule has 0 aliphatic carbocycles. The first kappa shape index (κ1) is 25.7. The maximum atomic E-state index is 12.1. The number of amides is 2. The number of carbonyl (C=O) groups is 2. The van der Waals surface area contributed by atoms with Gasteiger partial charge in [0.2, 0.25) is 0 Å². The second-order valence-corrected chi connectivity index (χ2v) is 8.76. The van der Waals surface area contributed by atoms with E-state index in [0.717, 1.165) is 5.56 Å². The van der Waals surface area contributed by atoms with Crippen LogP contribution in [0, 0.1) is 0 Å². The molecule has 4 N–H and O–H groups in total. The number of aromatic nitrogens is 4. The maximum Gasteiger partial charge on any atom is 0.323 e. The van der Waals surface area contributed by atoms with Crippen molar-refractivity contribution in [3.8, 4) is 0 Å². The molecule has 5 atom stereocenters. The van der Waals surface area contributed by atoms with Gasteiger partial charge in [0.15, 0.2) is 29.5 Å². The van der Waals surface area contributed by atoms with E-state index in [4.69, 9.17) is 36.3 Å². The van der Waals surface area contributed by atoms with Crippen molar-refractivity contribution in [3.63, 3.8) is 0 Å². The van der Waals surface area contributed by atoms with Gasteiger partial charge in [0, 0.05) is 12.1 Å². The number of carboxylic acid groups (broad SMARTS) is 1. The van der Waals surface area contributed by atoms with E-state index in [9.17, 15) is 9.59 Å². The Labute approximate surface area is 221 Å². The predicted molar refractivity (Wildman–Crippen MR) is 135 cm³/mol. The van der Waals surface area contributed by atoms with Gasteiger partial charge in [-0.2, -0.15) is 0 Å². The quantitative estimate of drug-likeness (QED) is 0.301. The molecule has 15 heteroatoms. The number of imidazole rings is 1. The number of rotatable bonds is 8. The number of ether oxygens (including phenoxy) is 4. The molecule has 2 aromatic heterocycles. The fourth-order valence-electron chi connectivity index (χ4n) is 4.26. The summed E-state index contributed by atoms with van der Waals surface area (Å²) >= 11 is 5.07. The number of anilines is 1. The van der Waals surface area contributed by atoms with Crippen molar-refractivity contribution in [2.24, 2.45) is 0 Å². The van der Waals surface area contributed by atoms with Gasteiger partial charge in [-0.15, -0.1) is 0 Å². The van der Waals surface area contributed by atoms with E-state index in [1.54, 1.807) is 11.5 Å². The molecular weight excluding hydrogens is 518 g/mol. The minimum absolute atomic E-state index is 0.0143. The first-order valence-corrected chi connectivity index (χ1v) is 12.2. The summed E-state index contributed by atoms with van der Waals surface area (Å²) < 4.78 is 26.1. The predicted octanol–water partition coefficient (Wildman–Crippen LogP) is 1.32. The number of benzene rings is 1. The molecular formula is C23H25N7O7S. The summed E-state index contributed by atoms with van der Waals surface area (Å²) in [5.41, 5.74) is 1.63. The molecule has 1 aromatic carbocycles. The van der Waals surface area contributed by atoms with Crippen LogP contribution >= 0.6 is 12.2 Å². The summed E-state index contributed by atoms with van der Waals surface area (Å²) in [6, 6.07) is 9.06. The lowest BCUT2D eigenvalue weighted by molar-refractivity contribution is -0.152. The Morgan fingerprint density at radius 2 is 1.89 bits per heavy atom. The largest absolute Gasteiger partial charge is 0.480 e. The molecule has 4 unspecified atom stereocenters. The lowest BCUT2D eigenvalue weighted by atomic mass is 10.1. The van der Waals surface area contributed by atoms with Crippen molar-refractivity contribution < 1.29 is 33.6 Å². The van der Waals surface area contributed by atoms with Crippen LogP contribution in [0.15, 0.2) is 43.0 Å². The topological polar surface area (TPSA) is 171 Å². The Balaban J connectivity index is 1.39. The van der Waals surface area contributed by atoms with Crippen molar-refractivity contribution in [2.45, 2.75) is 37.8 Å². The minimum atomic E-state index is -1.07. The summed E-state index contributed by atoms with van der Waals surface area (Å²) in [5.74, 6) is -0.823. The van der Waals surface area contributed by atoms with Gasteiger partial charge in [-0.1, -0.05) is 30.3 Å². The molecule has 2 fully saturated rings. The number of carbonyl (C=O) groups excluding carboxylic acids is 1. The summed E-state index contributed by atoms with van der Waals surface area (Å²) in [6.07, 6.45) is -0.223. The molecule has 0 radical (unpaired) electrons. The number of urea groups is 1. The van der Waals surface area contributed by atoms with Crippen LogP contribution in [0.5, 0.6) is 0 Å². The van der Waals surface area contributed by atoms with Crippen LogP contribution in [0.2, 0.25) is 0 Å². The van der Waals surface area contributed by atoms with E-state index in [1.165, 1.54) is 12.7 Å². The molecule has 0 bridgehead atoms. The highest BCUT2D eigenvalue weighted by molar-refractivity contribution is 7.80. The van der Waals surface area contributed by atoms with Crippen LogP contribution in [0.25, 0.3) is 11.2 Å². The molecule has 2 aliphatic rings. The van der Waals surface area contributed by atoms with Crippen molar-refractivity contribution in [1.29, 1.82) is 0 Å². The highest BCUT2D eigenvalue weighted by atomic mass is 32.1. The molecule has 0 saturated carbocycles. The van der Waals surface area contributed by atoms with Gasteiger partial charge in [-0.3, -0.25) is 14.7 Å². The van der Waals surface area contributed by atoms with Gasteiger partial charge in [-0.25, -0.2) is 19.7 Å². The van der Waals surface area contributed by atoms with E-state index in [2.05, 4.69) is 30.9 Å². The first-order valence-electron chi connectivity index (χ1n) is 11.8. The SMILES string of the molecule is CCNC(=O)Nc1ncnc2c1ncn2C1OC(COC(=S)NCC(=O)O)C2O[C@H](c3ccccc3)OC21. The first-order chi connectivity index (χ1) is 18.4. The fraction of sp³-hybridized carbons (Fsp3) is 0.391. The number of aliphatic carboxylic acids is 1. The summed E-state index contributed by atoms with van der Waals surface area (Å²) in [4.78, 5) is 35.8. The highest BCUT2D eigenvalue weighted by Gasteiger charge is 2.54. The molecule has 4 heterocycles. The van der Waals surface area contributed by atoms with Crippen molar-refractivity contribution in [3.05, 3.63) is 48.5 Å². The second-order valence-electron chi connectivity index (χ2n) is 8.39. The third-order valence-electron chi connectivity index (χ3n) is 5.88. The smallest absolute Gasteiger partial charge is 0.323 e. The standard InChI is InChI=1S/C23H25N7O7S/c1-2-24-22(33)29-18-15-19(27-10-26-18)30(11-28-15)20-17-16(36-21(37-17)12-6-4-3-5-7-12)13(35-20)9-34-23(38)25-8-14(31)32/h3-7,10-11,13,16-17,20-21H,2,8-9H2,1H3,(H,25,38)(H,31,32)(H2,24,26,27,29,33)/t13?,16?,17?,20?,21-/m0/s1. The zero-order valence-corrected chi connectivity index (χ0v) is 21.0. The maximum absolute atomic E-state index is 12.1. The monoisotopic (exact) mass is 543 g/mol. The van der Waals surface area contributed by atoms with Crippen LogP contribution in [0.4, 0.5) is 10.6 Å². The fourth-order valence-corrected chi connectivity index (χ4v) is 4.40. The van der Waals surface area contributed by atoms with Crippen LogP contribution in [-0.4, -0.2) is 79.8 Å². The van der Waals surface area contributed by atoms with E-state index in [0.29, 0.717) is 17.7 Å². The molecule has 5 rings (SSSR count). The zero-order valence-electron chi connectivity index (χ0n) is 20.1. The third kappa shape index (κ3) is 5.35. The molecule has 0 spiro atoms. The number of carboxylic acids is 1. The highest BCUT2D eigenvalue weighted by Crippen LogP contribution is 2.45. The lowest BCUT2D eigenvalue weighted by Crippen LogP contribution is -2.36. The van der Waals surface area contributed by atoms with Crippen LogP contribution < -0.4 is 16.0 Å². The molecule has 3 aromatic rings. The Bertz CT molecular complexity index is 1320. The number of nitrogens with zero attached hydrogens (tertiary/aromatic N) is 4. The second kappa shape index (κ2) is 11.2. The Hall–Kier alpha value is -3.92. The molecule has 2 saturated heterocycles. The summed E-state index contributed by atoms with van der Waals surface area (Å²) in [6.45, 7) is 1.87. The summed E-state index contributed by atoms with van der Waals surface area (Å²) in [5, 5.41) is 16.6. The van der Waals surface area contributed by atoms with Crippen molar-refractivity contribution >= 4 is 46.4 Å². The number of thiocarbonyl (C=S) groups is 1. The van der Waals surface area contributed by atoms with Crippen LogP contribution in [0.3, 0.4) is 0 Å². The van der Waals surface area contributed by atoms with Gasteiger partial charge < -0.3 is 34.7 Å². The number of hydrogen-bond donors (Lipinski definition) is 4. The van der Waals surface area contributed by atoms with Crippen molar-refractivity contribution in [1.82, 2.24) is 30.2 Å². The third-order valence-corrected chi connectivity index (χ3v) is 6.15. The Kier molecular flexibility index (Phi) is 7.59. The zero-order chi connectivity index (χ0) is 26.6. The lowest BCUT2D eigenvalue weighted by Gasteiger charge is -2.21. The summed E-state index contributed by atoms with van der Waals surface area (Å²) in [7, 11) is 0. The molecule has 2 aliphatic heterocycles. The van der Waals surface area contributed by atoms with E-state index in [-0.39, 0.29) is 24.1 Å². The minimum Gasteiger partial charge on any atom is -0.480 e. The Morgan fingerprint density at radius 3 is 2.66 bits per heavy atom. The average Bonchev–Trinajstić information content (AvgIpc) is 3.61. The van der Waals surface area contributed by atoms with E-state index in [1.807, 2.05) is 30.3 Å². The molecule has 38 heavy (non-hydrogen) atoms. The van der Waals surface area contributed by atoms with E-state index < -0.39 is 42.8 Å². The van der Waals surface area contributed by atoms with Crippen molar-refractivity contribution in [2.75, 3.05) is 25.0 Å². The van der Waals surface area contributed by atoms with Gasteiger partial charge in [0.05, 0.1) is 6.33 Å². The van der Waals surface area contributed by atoms with Gasteiger partial charge in [0.25, 0.3) is 5.17 Å². The average molecular weight is 544 g/mol. The van der Waals surface area contributed by atoms with Gasteiger partial charge in [0.1, 0.15) is 37.8 Å². The molecule has 2 amide bonds. The normalized spacial score (nSPS) is 24.1. The molecule has 14 nitrogen and oxygen atoms in total. The molecule has 200 valence electrons. The Morgan fingerprint density at radius 1 is 1.11 bits per heavy atom. The van der Waals surface area contributed by atoms with Crippen LogP contribution in [-0.2, 0) is 23.7 Å². The number of hydrogen-bond acceptors (Lipinski definition) is 10. The van der Waals surface area contributed by atoms with Gasteiger partial charge in [-0.05, 0) is 19.1 Å². The van der Waals surface area contributed by atoms with E-state index >= 15 is 0 Å².